The molecule has 0 aliphatic rings. The lowest BCUT2D eigenvalue weighted by molar-refractivity contribution is 0.0963. The number of carbonyl (C=O) groups is 1. The third-order valence-corrected chi connectivity index (χ3v) is 3.52. The minimum Gasteiger partial charge on any atom is -0.356 e. The van der Waals surface area contributed by atoms with E-state index in [-0.39, 0.29) is 29.9 Å². The standard InChI is InChI=1S/C17H24N6O.HI/c1-18-16(24)15-7-3-6-14(12-15)13-21-17(19-2)20-8-4-10-23-11-5-9-22-23;/h3,5-7,9,11-12H,4,8,10,13H2,1-2H3,(H,18,24)(H2,19,20,21);1H. The minimum atomic E-state index is -0.0852. The molecule has 1 aromatic heterocycles. The Balaban J connectivity index is 0.00000312. The van der Waals surface area contributed by atoms with E-state index in [4.69, 9.17) is 0 Å². The summed E-state index contributed by atoms with van der Waals surface area (Å²) in [6.07, 6.45) is 4.68. The number of guanidine groups is 1. The lowest BCUT2D eigenvalue weighted by Crippen LogP contribution is -2.37. The lowest BCUT2D eigenvalue weighted by atomic mass is 10.1. The third-order valence-electron chi connectivity index (χ3n) is 3.52. The van der Waals surface area contributed by atoms with E-state index < -0.39 is 0 Å². The number of benzene rings is 1. The number of carbonyl (C=O) groups excluding carboxylic acids is 1. The van der Waals surface area contributed by atoms with E-state index in [9.17, 15) is 4.79 Å². The van der Waals surface area contributed by atoms with Gasteiger partial charge >= 0.3 is 0 Å². The van der Waals surface area contributed by atoms with Gasteiger partial charge in [-0.15, -0.1) is 24.0 Å². The molecule has 0 spiro atoms. The van der Waals surface area contributed by atoms with Crippen LogP contribution in [0.5, 0.6) is 0 Å². The van der Waals surface area contributed by atoms with Gasteiger partial charge < -0.3 is 16.0 Å². The fraction of sp³-hybridized carbons (Fsp3) is 0.353. The normalized spacial score (nSPS) is 10.7. The Morgan fingerprint density at radius 3 is 2.80 bits per heavy atom. The summed E-state index contributed by atoms with van der Waals surface area (Å²) in [6, 6.07) is 9.44. The SMILES string of the molecule is CN=C(NCCCn1cccn1)NCc1cccc(C(=O)NC)c1.I. The molecule has 0 saturated heterocycles. The van der Waals surface area contributed by atoms with E-state index in [0.717, 1.165) is 31.0 Å². The van der Waals surface area contributed by atoms with Crippen molar-refractivity contribution in [3.05, 3.63) is 53.9 Å². The number of halogens is 1. The summed E-state index contributed by atoms with van der Waals surface area (Å²) in [5, 5.41) is 13.3. The van der Waals surface area contributed by atoms with E-state index in [0.29, 0.717) is 12.1 Å². The van der Waals surface area contributed by atoms with Gasteiger partial charge in [-0.2, -0.15) is 5.10 Å². The Hall–Kier alpha value is -2.10. The molecule has 0 unspecified atom stereocenters. The summed E-state index contributed by atoms with van der Waals surface area (Å²) in [5.41, 5.74) is 1.68. The van der Waals surface area contributed by atoms with Gasteiger partial charge in [-0.3, -0.25) is 14.5 Å². The predicted molar refractivity (Wildman–Crippen MR) is 110 cm³/mol. The molecule has 2 rings (SSSR count). The molecule has 0 aliphatic carbocycles. The number of amides is 1. The smallest absolute Gasteiger partial charge is 0.251 e. The van der Waals surface area contributed by atoms with E-state index in [1.54, 1.807) is 26.4 Å². The number of aryl methyl sites for hydroxylation is 1. The van der Waals surface area contributed by atoms with Crippen LogP contribution in [0.25, 0.3) is 0 Å². The molecule has 0 fully saturated rings. The Labute approximate surface area is 165 Å². The first kappa shape index (κ1) is 20.9. The van der Waals surface area contributed by atoms with Crippen LogP contribution in [0.1, 0.15) is 22.3 Å². The van der Waals surface area contributed by atoms with Crippen molar-refractivity contribution < 1.29 is 4.79 Å². The van der Waals surface area contributed by atoms with Crippen molar-refractivity contribution in [1.29, 1.82) is 0 Å². The Bertz CT molecular complexity index is 672. The molecular weight excluding hydrogens is 431 g/mol. The summed E-state index contributed by atoms with van der Waals surface area (Å²) in [5.74, 6) is 0.652. The van der Waals surface area contributed by atoms with Crippen LogP contribution in [-0.4, -0.2) is 42.3 Å². The van der Waals surface area contributed by atoms with Gasteiger partial charge in [0.1, 0.15) is 0 Å². The zero-order valence-corrected chi connectivity index (χ0v) is 16.9. The molecule has 1 aromatic carbocycles. The lowest BCUT2D eigenvalue weighted by Gasteiger charge is -2.12. The van der Waals surface area contributed by atoms with E-state index in [1.165, 1.54) is 0 Å². The third kappa shape index (κ3) is 7.12. The average Bonchev–Trinajstić information content (AvgIpc) is 3.14. The Morgan fingerprint density at radius 1 is 1.28 bits per heavy atom. The van der Waals surface area contributed by atoms with Gasteiger partial charge in [0.2, 0.25) is 0 Å². The fourth-order valence-electron chi connectivity index (χ4n) is 2.25. The van der Waals surface area contributed by atoms with Crippen molar-refractivity contribution in [2.75, 3.05) is 20.6 Å². The summed E-state index contributed by atoms with van der Waals surface area (Å²) >= 11 is 0. The molecule has 8 heteroatoms. The van der Waals surface area contributed by atoms with Crippen molar-refractivity contribution in [3.8, 4) is 0 Å². The van der Waals surface area contributed by atoms with E-state index in [1.807, 2.05) is 35.1 Å². The molecule has 0 bridgehead atoms. The summed E-state index contributed by atoms with van der Waals surface area (Å²) < 4.78 is 1.90. The molecule has 1 amide bonds. The van der Waals surface area contributed by atoms with Gasteiger partial charge in [0.25, 0.3) is 5.91 Å². The van der Waals surface area contributed by atoms with Crippen LogP contribution in [0.15, 0.2) is 47.7 Å². The number of hydrogen-bond donors (Lipinski definition) is 3. The fourth-order valence-corrected chi connectivity index (χ4v) is 2.25. The van der Waals surface area contributed by atoms with Crippen LogP contribution in [0, 0.1) is 0 Å². The average molecular weight is 456 g/mol. The molecule has 3 N–H and O–H groups in total. The van der Waals surface area contributed by atoms with Gasteiger partial charge in [0.05, 0.1) is 0 Å². The molecule has 0 radical (unpaired) electrons. The highest BCUT2D eigenvalue weighted by atomic mass is 127. The molecule has 2 aromatic rings. The van der Waals surface area contributed by atoms with Crippen molar-refractivity contribution in [3.63, 3.8) is 0 Å². The first-order valence-corrected chi connectivity index (χ1v) is 7.96. The summed E-state index contributed by atoms with van der Waals surface area (Å²) in [6.45, 7) is 2.27. The van der Waals surface area contributed by atoms with Gasteiger partial charge in [0, 0.05) is 51.7 Å². The maximum Gasteiger partial charge on any atom is 0.251 e. The first-order chi connectivity index (χ1) is 11.7. The summed E-state index contributed by atoms with van der Waals surface area (Å²) in [4.78, 5) is 15.9. The number of aromatic nitrogens is 2. The number of hydrogen-bond acceptors (Lipinski definition) is 3. The number of rotatable bonds is 7. The monoisotopic (exact) mass is 456 g/mol. The Kier molecular flexibility index (Phi) is 9.60. The zero-order chi connectivity index (χ0) is 17.2. The highest BCUT2D eigenvalue weighted by Crippen LogP contribution is 2.05. The first-order valence-electron chi connectivity index (χ1n) is 7.96. The Morgan fingerprint density at radius 2 is 2.12 bits per heavy atom. The van der Waals surface area contributed by atoms with Crippen molar-refractivity contribution in [2.24, 2.45) is 4.99 Å². The molecule has 0 atom stereocenters. The van der Waals surface area contributed by atoms with Crippen molar-refractivity contribution in [1.82, 2.24) is 25.7 Å². The van der Waals surface area contributed by atoms with Crippen molar-refractivity contribution in [2.45, 2.75) is 19.5 Å². The second-order valence-corrected chi connectivity index (χ2v) is 5.25. The van der Waals surface area contributed by atoms with Crippen molar-refractivity contribution >= 4 is 35.8 Å². The van der Waals surface area contributed by atoms with Gasteiger partial charge in [-0.1, -0.05) is 12.1 Å². The second-order valence-electron chi connectivity index (χ2n) is 5.25. The van der Waals surface area contributed by atoms with Crippen LogP contribution in [0.3, 0.4) is 0 Å². The van der Waals surface area contributed by atoms with Gasteiger partial charge in [-0.05, 0) is 30.2 Å². The largest absolute Gasteiger partial charge is 0.356 e. The second kappa shape index (κ2) is 11.5. The van der Waals surface area contributed by atoms with E-state index in [2.05, 4.69) is 26.0 Å². The highest BCUT2D eigenvalue weighted by molar-refractivity contribution is 14.0. The quantitative estimate of drug-likeness (QED) is 0.256. The highest BCUT2D eigenvalue weighted by Gasteiger charge is 2.04. The maximum atomic E-state index is 11.7. The summed E-state index contributed by atoms with van der Waals surface area (Å²) in [7, 11) is 3.37. The predicted octanol–water partition coefficient (Wildman–Crippen LogP) is 1.62. The molecule has 136 valence electrons. The topological polar surface area (TPSA) is 83.3 Å². The molecule has 0 aliphatic heterocycles. The number of nitrogens with zero attached hydrogens (tertiary/aromatic N) is 3. The molecule has 25 heavy (non-hydrogen) atoms. The molecule has 1 heterocycles. The van der Waals surface area contributed by atoms with Gasteiger partial charge in [-0.25, -0.2) is 0 Å². The zero-order valence-electron chi connectivity index (χ0n) is 14.5. The number of nitrogens with one attached hydrogen (secondary N) is 3. The molecule has 7 nitrogen and oxygen atoms in total. The van der Waals surface area contributed by atoms with Gasteiger partial charge in [0.15, 0.2) is 5.96 Å². The maximum absolute atomic E-state index is 11.7. The van der Waals surface area contributed by atoms with Crippen LogP contribution in [-0.2, 0) is 13.1 Å². The van der Waals surface area contributed by atoms with Crippen LogP contribution in [0.2, 0.25) is 0 Å². The van der Waals surface area contributed by atoms with Crippen LogP contribution in [0.4, 0.5) is 0 Å². The van der Waals surface area contributed by atoms with E-state index >= 15 is 0 Å². The number of aliphatic imine (C=N–C) groups is 1. The minimum absolute atomic E-state index is 0. The van der Waals surface area contributed by atoms with Crippen LogP contribution < -0.4 is 16.0 Å². The molecule has 0 saturated carbocycles. The van der Waals surface area contributed by atoms with Crippen LogP contribution >= 0.6 is 24.0 Å². The molecular formula is C17H25IN6O.